The van der Waals surface area contributed by atoms with Gasteiger partial charge in [-0.15, -0.1) is 0 Å². The van der Waals surface area contributed by atoms with Crippen molar-refractivity contribution in [2.75, 3.05) is 0 Å². The predicted octanol–water partition coefficient (Wildman–Crippen LogP) is 4.01. The van der Waals surface area contributed by atoms with Crippen LogP contribution in [0, 0.1) is 25.2 Å². The first kappa shape index (κ1) is 16.5. The average molecular weight is 329 g/mol. The number of hydrogen-bond acceptors (Lipinski definition) is 2. The van der Waals surface area contributed by atoms with E-state index in [4.69, 9.17) is 0 Å². The fourth-order valence-corrected chi connectivity index (χ4v) is 2.76. The summed E-state index contributed by atoms with van der Waals surface area (Å²) in [7, 11) is 0. The first-order chi connectivity index (χ1) is 12.1. The van der Waals surface area contributed by atoms with Crippen LogP contribution in [0.4, 0.5) is 0 Å². The minimum absolute atomic E-state index is 0.0972. The van der Waals surface area contributed by atoms with E-state index in [0.717, 1.165) is 27.7 Å². The zero-order chi connectivity index (χ0) is 17.8. The first-order valence-electron chi connectivity index (χ1n) is 8.11. The van der Waals surface area contributed by atoms with Crippen molar-refractivity contribution >= 4 is 22.9 Å². The zero-order valence-corrected chi connectivity index (χ0v) is 14.3. The SMILES string of the molecule is Cc1ccc(CNC(=O)/C(C#N)=C\c2c(C)[nH]c3ccccc23)cc1. The van der Waals surface area contributed by atoms with Gasteiger partial charge in [0.25, 0.3) is 5.91 Å². The lowest BCUT2D eigenvalue weighted by Gasteiger charge is -2.05. The highest BCUT2D eigenvalue weighted by Gasteiger charge is 2.12. The Morgan fingerprint density at radius 1 is 1.16 bits per heavy atom. The van der Waals surface area contributed by atoms with E-state index in [-0.39, 0.29) is 11.5 Å². The van der Waals surface area contributed by atoms with Crippen LogP contribution in [-0.2, 0) is 11.3 Å². The molecule has 124 valence electrons. The summed E-state index contributed by atoms with van der Waals surface area (Å²) in [4.78, 5) is 15.6. The van der Waals surface area contributed by atoms with E-state index in [0.29, 0.717) is 6.54 Å². The highest BCUT2D eigenvalue weighted by molar-refractivity contribution is 6.04. The van der Waals surface area contributed by atoms with Gasteiger partial charge in [0.2, 0.25) is 0 Å². The summed E-state index contributed by atoms with van der Waals surface area (Å²) in [5.74, 6) is -0.368. The first-order valence-corrected chi connectivity index (χ1v) is 8.11. The average Bonchev–Trinajstić information content (AvgIpc) is 2.94. The number of aromatic nitrogens is 1. The second-order valence-corrected chi connectivity index (χ2v) is 6.05. The van der Waals surface area contributed by atoms with Gasteiger partial charge in [-0.2, -0.15) is 5.26 Å². The maximum atomic E-state index is 12.4. The normalized spacial score (nSPS) is 11.3. The summed E-state index contributed by atoms with van der Waals surface area (Å²) < 4.78 is 0. The number of aryl methyl sites for hydroxylation is 2. The maximum absolute atomic E-state index is 12.4. The van der Waals surface area contributed by atoms with Crippen LogP contribution in [0.15, 0.2) is 54.1 Å². The van der Waals surface area contributed by atoms with E-state index in [1.807, 2.05) is 68.4 Å². The molecule has 0 aliphatic rings. The molecule has 0 bridgehead atoms. The third kappa shape index (κ3) is 3.61. The number of H-pyrrole nitrogens is 1. The van der Waals surface area contributed by atoms with Gasteiger partial charge in [-0.3, -0.25) is 4.79 Å². The summed E-state index contributed by atoms with van der Waals surface area (Å²) in [6.45, 7) is 4.35. The van der Waals surface area contributed by atoms with Crippen molar-refractivity contribution in [3.8, 4) is 6.07 Å². The van der Waals surface area contributed by atoms with Gasteiger partial charge in [0, 0.05) is 28.7 Å². The monoisotopic (exact) mass is 329 g/mol. The number of nitriles is 1. The lowest BCUT2D eigenvalue weighted by atomic mass is 10.1. The minimum Gasteiger partial charge on any atom is -0.358 e. The Morgan fingerprint density at radius 3 is 2.60 bits per heavy atom. The molecule has 3 rings (SSSR count). The lowest BCUT2D eigenvalue weighted by Crippen LogP contribution is -2.23. The molecule has 25 heavy (non-hydrogen) atoms. The number of carbonyl (C=O) groups excluding carboxylic acids is 1. The fourth-order valence-electron chi connectivity index (χ4n) is 2.76. The molecule has 0 atom stereocenters. The number of aromatic amines is 1. The Kier molecular flexibility index (Phi) is 4.67. The predicted molar refractivity (Wildman–Crippen MR) is 99.7 cm³/mol. The Balaban J connectivity index is 1.82. The van der Waals surface area contributed by atoms with Crippen LogP contribution in [0.3, 0.4) is 0 Å². The number of rotatable bonds is 4. The molecule has 0 aliphatic heterocycles. The molecular formula is C21H19N3O. The third-order valence-electron chi connectivity index (χ3n) is 4.17. The Morgan fingerprint density at radius 2 is 1.88 bits per heavy atom. The van der Waals surface area contributed by atoms with Crippen molar-refractivity contribution in [3.05, 3.63) is 76.5 Å². The number of benzene rings is 2. The number of nitrogens with one attached hydrogen (secondary N) is 2. The van der Waals surface area contributed by atoms with Gasteiger partial charge in [-0.25, -0.2) is 0 Å². The molecule has 0 fully saturated rings. The van der Waals surface area contributed by atoms with Crippen LogP contribution in [0.1, 0.15) is 22.4 Å². The van der Waals surface area contributed by atoms with Gasteiger partial charge in [-0.1, -0.05) is 48.0 Å². The van der Waals surface area contributed by atoms with Crippen LogP contribution in [0.5, 0.6) is 0 Å². The summed E-state index contributed by atoms with van der Waals surface area (Å²) in [6, 6.07) is 17.8. The molecule has 3 aromatic rings. The van der Waals surface area contributed by atoms with E-state index in [1.165, 1.54) is 5.56 Å². The summed E-state index contributed by atoms with van der Waals surface area (Å²) in [5, 5.41) is 13.2. The Labute approximate surface area is 146 Å². The van der Waals surface area contributed by atoms with Crippen molar-refractivity contribution in [2.45, 2.75) is 20.4 Å². The highest BCUT2D eigenvalue weighted by Crippen LogP contribution is 2.24. The lowest BCUT2D eigenvalue weighted by molar-refractivity contribution is -0.117. The molecule has 1 aromatic heterocycles. The maximum Gasteiger partial charge on any atom is 0.262 e. The van der Waals surface area contributed by atoms with E-state index in [2.05, 4.69) is 10.3 Å². The number of fused-ring (bicyclic) bond motifs is 1. The number of hydrogen-bond donors (Lipinski definition) is 2. The van der Waals surface area contributed by atoms with E-state index >= 15 is 0 Å². The molecule has 0 radical (unpaired) electrons. The molecule has 4 heteroatoms. The molecular weight excluding hydrogens is 310 g/mol. The number of para-hydroxylation sites is 1. The summed E-state index contributed by atoms with van der Waals surface area (Å²) >= 11 is 0. The van der Waals surface area contributed by atoms with Gasteiger partial charge in [0.15, 0.2) is 0 Å². The molecule has 2 N–H and O–H groups in total. The van der Waals surface area contributed by atoms with E-state index < -0.39 is 0 Å². The number of amides is 1. The van der Waals surface area contributed by atoms with Crippen molar-refractivity contribution in [3.63, 3.8) is 0 Å². The molecule has 0 aliphatic carbocycles. The minimum atomic E-state index is -0.368. The standard InChI is InChI=1S/C21H19N3O/c1-14-7-9-16(10-8-14)13-23-21(25)17(12-22)11-19-15(2)24-20-6-4-3-5-18(19)20/h3-11,24H,13H2,1-2H3,(H,23,25)/b17-11-. The smallest absolute Gasteiger partial charge is 0.262 e. The van der Waals surface area contributed by atoms with Gasteiger partial charge >= 0.3 is 0 Å². The van der Waals surface area contributed by atoms with Crippen LogP contribution < -0.4 is 5.32 Å². The molecule has 1 heterocycles. The quantitative estimate of drug-likeness (QED) is 0.561. The molecule has 0 saturated carbocycles. The molecule has 0 unspecified atom stereocenters. The topological polar surface area (TPSA) is 68.7 Å². The number of carbonyl (C=O) groups is 1. The number of nitrogens with zero attached hydrogens (tertiary/aromatic N) is 1. The Hall–Kier alpha value is -3.32. The van der Waals surface area contributed by atoms with Gasteiger partial charge in [0.1, 0.15) is 11.6 Å². The molecule has 4 nitrogen and oxygen atoms in total. The second-order valence-electron chi connectivity index (χ2n) is 6.05. The van der Waals surface area contributed by atoms with Crippen LogP contribution in [-0.4, -0.2) is 10.9 Å². The van der Waals surface area contributed by atoms with Crippen LogP contribution >= 0.6 is 0 Å². The van der Waals surface area contributed by atoms with Crippen molar-refractivity contribution < 1.29 is 4.79 Å². The fraction of sp³-hybridized carbons (Fsp3) is 0.143. The van der Waals surface area contributed by atoms with E-state index in [1.54, 1.807) is 6.08 Å². The molecule has 2 aromatic carbocycles. The van der Waals surface area contributed by atoms with Crippen LogP contribution in [0.25, 0.3) is 17.0 Å². The molecule has 1 amide bonds. The molecule has 0 saturated heterocycles. The third-order valence-corrected chi connectivity index (χ3v) is 4.17. The second kappa shape index (κ2) is 7.06. The van der Waals surface area contributed by atoms with Gasteiger partial charge in [-0.05, 0) is 31.6 Å². The Bertz CT molecular complexity index is 988. The summed E-state index contributed by atoms with van der Waals surface area (Å²) in [5.41, 5.74) is 5.06. The molecule has 0 spiro atoms. The van der Waals surface area contributed by atoms with E-state index in [9.17, 15) is 10.1 Å². The zero-order valence-electron chi connectivity index (χ0n) is 14.3. The van der Waals surface area contributed by atoms with Crippen molar-refractivity contribution in [1.29, 1.82) is 5.26 Å². The van der Waals surface area contributed by atoms with Gasteiger partial charge in [0.05, 0.1) is 0 Å². The summed E-state index contributed by atoms with van der Waals surface area (Å²) in [6.07, 6.45) is 1.65. The largest absolute Gasteiger partial charge is 0.358 e. The van der Waals surface area contributed by atoms with Crippen molar-refractivity contribution in [2.24, 2.45) is 0 Å². The highest BCUT2D eigenvalue weighted by atomic mass is 16.1. The van der Waals surface area contributed by atoms with Crippen molar-refractivity contribution in [1.82, 2.24) is 10.3 Å². The van der Waals surface area contributed by atoms with Gasteiger partial charge < -0.3 is 10.3 Å². The van der Waals surface area contributed by atoms with Crippen LogP contribution in [0.2, 0.25) is 0 Å².